The molecule has 1 aliphatic heterocycles. The second-order valence-corrected chi connectivity index (χ2v) is 8.31. The van der Waals surface area contributed by atoms with Crippen molar-refractivity contribution >= 4 is 34.2 Å². The van der Waals surface area contributed by atoms with Gasteiger partial charge >= 0.3 is 5.97 Å². The maximum atomic E-state index is 13.3. The van der Waals surface area contributed by atoms with Crippen LogP contribution in [0.5, 0.6) is 0 Å². The summed E-state index contributed by atoms with van der Waals surface area (Å²) in [6.07, 6.45) is 3.32. The summed E-state index contributed by atoms with van der Waals surface area (Å²) in [5.41, 5.74) is 4.04. The molecule has 2 heterocycles. The number of carboxylic acid groups (broad SMARTS) is 1. The Balaban J connectivity index is 1.57. The van der Waals surface area contributed by atoms with E-state index in [-0.39, 0.29) is 17.7 Å². The molecular formula is C25H27N3O3. The number of hydrogen-bond acceptors (Lipinski definition) is 4. The van der Waals surface area contributed by atoms with Gasteiger partial charge in [0.05, 0.1) is 22.7 Å². The number of pyridine rings is 1. The molecule has 0 bridgehead atoms. The van der Waals surface area contributed by atoms with Crippen LogP contribution in [0.4, 0.5) is 11.4 Å². The third-order valence-corrected chi connectivity index (χ3v) is 6.26. The topological polar surface area (TPSA) is 82.5 Å². The van der Waals surface area contributed by atoms with Gasteiger partial charge in [-0.15, -0.1) is 0 Å². The fourth-order valence-corrected chi connectivity index (χ4v) is 4.33. The van der Waals surface area contributed by atoms with Gasteiger partial charge in [-0.05, 0) is 55.5 Å². The molecule has 1 aliphatic rings. The molecule has 1 atom stereocenters. The zero-order valence-electron chi connectivity index (χ0n) is 17.8. The molecule has 6 nitrogen and oxygen atoms in total. The first-order valence-electron chi connectivity index (χ1n) is 10.7. The highest BCUT2D eigenvalue weighted by atomic mass is 16.4. The number of anilines is 2. The molecule has 1 saturated heterocycles. The van der Waals surface area contributed by atoms with Gasteiger partial charge in [-0.2, -0.15) is 0 Å². The molecule has 0 saturated carbocycles. The van der Waals surface area contributed by atoms with Crippen LogP contribution in [0, 0.1) is 18.8 Å². The van der Waals surface area contributed by atoms with E-state index in [0.717, 1.165) is 48.1 Å². The van der Waals surface area contributed by atoms with Gasteiger partial charge in [-0.3, -0.25) is 14.6 Å². The molecule has 6 heteroatoms. The molecule has 4 rings (SSSR count). The first-order valence-corrected chi connectivity index (χ1v) is 10.7. The smallest absolute Gasteiger partial charge is 0.306 e. The van der Waals surface area contributed by atoms with E-state index < -0.39 is 5.97 Å². The predicted molar refractivity (Wildman–Crippen MR) is 123 cm³/mol. The normalized spacial score (nSPS) is 15.6. The third-order valence-electron chi connectivity index (χ3n) is 6.26. The van der Waals surface area contributed by atoms with Crippen molar-refractivity contribution in [2.24, 2.45) is 11.8 Å². The number of carbonyl (C=O) groups excluding carboxylic acids is 1. The summed E-state index contributed by atoms with van der Waals surface area (Å²) < 4.78 is 0. The average Bonchev–Trinajstić information content (AvgIpc) is 2.78. The number of para-hydroxylation sites is 1. The van der Waals surface area contributed by atoms with Gasteiger partial charge < -0.3 is 15.3 Å². The van der Waals surface area contributed by atoms with E-state index in [9.17, 15) is 14.7 Å². The Kier molecular flexibility index (Phi) is 5.89. The number of aliphatic carboxylic acids is 1. The maximum Gasteiger partial charge on any atom is 0.306 e. The van der Waals surface area contributed by atoms with Crippen molar-refractivity contribution in [1.82, 2.24) is 4.98 Å². The molecule has 0 aliphatic carbocycles. The minimum atomic E-state index is -0.738. The van der Waals surface area contributed by atoms with Crippen molar-refractivity contribution in [1.29, 1.82) is 0 Å². The second kappa shape index (κ2) is 8.76. The number of nitrogens with zero attached hydrogens (tertiary/aromatic N) is 2. The highest BCUT2D eigenvalue weighted by Gasteiger charge is 2.29. The number of carboxylic acids is 1. The third kappa shape index (κ3) is 4.38. The van der Waals surface area contributed by atoms with Crippen LogP contribution < -0.4 is 10.2 Å². The van der Waals surface area contributed by atoms with Crippen LogP contribution in [0.2, 0.25) is 0 Å². The van der Waals surface area contributed by atoms with Gasteiger partial charge in [-0.1, -0.05) is 31.2 Å². The van der Waals surface area contributed by atoms with Crippen molar-refractivity contribution in [2.45, 2.75) is 26.7 Å². The van der Waals surface area contributed by atoms with Gasteiger partial charge in [-0.25, -0.2) is 0 Å². The summed E-state index contributed by atoms with van der Waals surface area (Å²) in [7, 11) is 0. The summed E-state index contributed by atoms with van der Waals surface area (Å²) >= 11 is 0. The standard InChI is InChI=1S/C25H27N3O3/c1-16-8-9-20(22(15-16)28-13-10-18(11-14-28)17(2)25(30)31)24(29)27-21-7-3-5-19-6-4-12-26-23(19)21/h3-9,12,15,17-18H,10-11,13-14H2,1-2H3,(H,27,29)(H,30,31). The lowest BCUT2D eigenvalue weighted by atomic mass is 9.85. The molecule has 3 aromatic rings. The quantitative estimate of drug-likeness (QED) is 0.627. The first-order chi connectivity index (χ1) is 14.9. The molecular weight excluding hydrogens is 390 g/mol. The number of nitrogens with one attached hydrogen (secondary N) is 1. The van der Waals surface area contributed by atoms with Crippen molar-refractivity contribution in [3.63, 3.8) is 0 Å². The van der Waals surface area contributed by atoms with Gasteiger partial charge in [0.25, 0.3) is 5.91 Å². The van der Waals surface area contributed by atoms with E-state index >= 15 is 0 Å². The van der Waals surface area contributed by atoms with Crippen LogP contribution in [-0.4, -0.2) is 35.1 Å². The fraction of sp³-hybridized carbons (Fsp3) is 0.320. The molecule has 0 spiro atoms. The highest BCUT2D eigenvalue weighted by molar-refractivity contribution is 6.11. The number of rotatable bonds is 5. The fourth-order valence-electron chi connectivity index (χ4n) is 4.33. The number of fused-ring (bicyclic) bond motifs is 1. The molecule has 1 amide bonds. The molecule has 31 heavy (non-hydrogen) atoms. The minimum Gasteiger partial charge on any atom is -0.481 e. The van der Waals surface area contributed by atoms with Crippen LogP contribution in [0.25, 0.3) is 10.9 Å². The van der Waals surface area contributed by atoms with Gasteiger partial charge in [0.2, 0.25) is 0 Å². The lowest BCUT2D eigenvalue weighted by molar-refractivity contribution is -0.143. The van der Waals surface area contributed by atoms with Gasteiger partial charge in [0.1, 0.15) is 0 Å². The second-order valence-electron chi connectivity index (χ2n) is 8.31. The van der Waals surface area contributed by atoms with E-state index in [1.165, 1.54) is 0 Å². The zero-order valence-corrected chi connectivity index (χ0v) is 17.8. The minimum absolute atomic E-state index is 0.164. The van der Waals surface area contributed by atoms with E-state index in [4.69, 9.17) is 0 Å². The summed E-state index contributed by atoms with van der Waals surface area (Å²) in [5.74, 6) is -1.09. The number of aryl methyl sites for hydroxylation is 1. The van der Waals surface area contributed by atoms with Crippen LogP contribution in [0.1, 0.15) is 35.7 Å². The van der Waals surface area contributed by atoms with E-state index in [2.05, 4.69) is 15.2 Å². The Morgan fingerprint density at radius 3 is 2.61 bits per heavy atom. The number of piperidine rings is 1. The van der Waals surface area contributed by atoms with Crippen LogP contribution in [0.15, 0.2) is 54.7 Å². The Morgan fingerprint density at radius 2 is 1.87 bits per heavy atom. The van der Waals surface area contributed by atoms with Crippen molar-refractivity contribution in [2.75, 3.05) is 23.3 Å². The molecule has 2 N–H and O–H groups in total. The number of amides is 1. The van der Waals surface area contributed by atoms with Gasteiger partial charge in [0.15, 0.2) is 0 Å². The summed E-state index contributed by atoms with van der Waals surface area (Å²) in [6.45, 7) is 5.27. The number of benzene rings is 2. The lowest BCUT2D eigenvalue weighted by Gasteiger charge is -2.36. The SMILES string of the molecule is Cc1ccc(C(=O)Nc2cccc3cccnc23)c(N2CCC(C(C)C(=O)O)CC2)c1. The maximum absolute atomic E-state index is 13.3. The zero-order chi connectivity index (χ0) is 22.0. The highest BCUT2D eigenvalue weighted by Crippen LogP contribution is 2.31. The number of aromatic nitrogens is 1. The molecule has 1 fully saturated rings. The monoisotopic (exact) mass is 417 g/mol. The molecule has 0 radical (unpaired) electrons. The van der Waals surface area contributed by atoms with E-state index in [0.29, 0.717) is 11.3 Å². The summed E-state index contributed by atoms with van der Waals surface area (Å²) in [5, 5.41) is 13.3. The van der Waals surface area contributed by atoms with E-state index in [1.807, 2.05) is 55.5 Å². The van der Waals surface area contributed by atoms with Crippen molar-refractivity contribution in [3.8, 4) is 0 Å². The van der Waals surface area contributed by atoms with Crippen LogP contribution in [0.3, 0.4) is 0 Å². The van der Waals surface area contributed by atoms with Crippen LogP contribution >= 0.6 is 0 Å². The van der Waals surface area contributed by atoms with Crippen molar-refractivity contribution in [3.05, 3.63) is 65.9 Å². The Labute approximate surface area is 181 Å². The molecule has 1 unspecified atom stereocenters. The summed E-state index contributed by atoms with van der Waals surface area (Å²) in [6, 6.07) is 15.4. The average molecular weight is 418 g/mol. The van der Waals surface area contributed by atoms with E-state index in [1.54, 1.807) is 13.1 Å². The summed E-state index contributed by atoms with van der Waals surface area (Å²) in [4.78, 5) is 31.2. The first kappa shape index (κ1) is 20.8. The molecule has 1 aromatic heterocycles. The largest absolute Gasteiger partial charge is 0.481 e. The number of hydrogen-bond donors (Lipinski definition) is 2. The van der Waals surface area contributed by atoms with Gasteiger partial charge in [0, 0.05) is 30.4 Å². The number of carbonyl (C=O) groups is 2. The Hall–Kier alpha value is -3.41. The Morgan fingerprint density at radius 1 is 1.13 bits per heavy atom. The molecule has 160 valence electrons. The molecule has 2 aromatic carbocycles. The van der Waals surface area contributed by atoms with Crippen LogP contribution in [-0.2, 0) is 4.79 Å². The Bertz CT molecular complexity index is 1110. The predicted octanol–water partition coefficient (Wildman–Crippen LogP) is 4.73. The lowest BCUT2D eigenvalue weighted by Crippen LogP contribution is -2.38. The van der Waals surface area contributed by atoms with Crippen molar-refractivity contribution < 1.29 is 14.7 Å².